The largest absolute Gasteiger partial charge is 1.00 e. The molecule has 0 saturated heterocycles. The minimum atomic E-state index is -1.25. The third kappa shape index (κ3) is 3.30. The molecule has 1 atom stereocenters. The molecule has 1 aliphatic carbocycles. The number of hydrogen-bond acceptors (Lipinski definition) is 4. The summed E-state index contributed by atoms with van der Waals surface area (Å²) in [5, 5.41) is 13.4. The zero-order valence-corrected chi connectivity index (χ0v) is 14.7. The number of carbonyl (C=O) groups is 2. The maximum absolute atomic E-state index is 12.3. The summed E-state index contributed by atoms with van der Waals surface area (Å²) >= 11 is 1.52. The number of rotatable bonds is 4. The summed E-state index contributed by atoms with van der Waals surface area (Å²) in [4.78, 5) is 28.0. The SMILES string of the molecule is CCSCC1(C2=CCCCC2)C(=O)N=C([O-])NC1=O.[Na+]. The summed E-state index contributed by atoms with van der Waals surface area (Å²) in [6, 6.07) is -0.844. The van der Waals surface area contributed by atoms with Gasteiger partial charge in [-0.25, -0.2) is 4.99 Å². The Kier molecular flexibility index (Phi) is 6.78. The first-order valence-corrected chi connectivity index (χ1v) is 7.65. The molecule has 2 rings (SSSR count). The molecule has 0 bridgehead atoms. The Bertz CT molecular complexity index is 465. The van der Waals surface area contributed by atoms with Crippen molar-refractivity contribution >= 4 is 29.6 Å². The summed E-state index contributed by atoms with van der Waals surface area (Å²) in [5.41, 5.74) is -0.423. The zero-order chi connectivity index (χ0) is 13.9. The van der Waals surface area contributed by atoms with Crippen LogP contribution in [0.25, 0.3) is 0 Å². The van der Waals surface area contributed by atoms with Crippen molar-refractivity contribution in [1.29, 1.82) is 0 Å². The molecule has 20 heavy (non-hydrogen) atoms. The van der Waals surface area contributed by atoms with Gasteiger partial charge in [0.15, 0.2) is 5.41 Å². The van der Waals surface area contributed by atoms with Gasteiger partial charge in [-0.3, -0.25) is 9.59 Å². The molecule has 0 spiro atoms. The Labute approximate surface area is 145 Å². The summed E-state index contributed by atoms with van der Waals surface area (Å²) in [6.07, 6.45) is 5.63. The Morgan fingerprint density at radius 1 is 1.45 bits per heavy atom. The van der Waals surface area contributed by atoms with E-state index in [1.807, 2.05) is 13.0 Å². The maximum Gasteiger partial charge on any atom is 1.00 e. The molecule has 1 heterocycles. The van der Waals surface area contributed by atoms with Gasteiger partial charge in [0.2, 0.25) is 5.91 Å². The summed E-state index contributed by atoms with van der Waals surface area (Å²) in [5.74, 6) is 0.0577. The Balaban J connectivity index is 0.00000200. The minimum absolute atomic E-state index is 0. The smallest absolute Gasteiger partial charge is 0.846 e. The molecule has 2 aliphatic rings. The van der Waals surface area contributed by atoms with Crippen LogP contribution in [0.1, 0.15) is 32.6 Å². The van der Waals surface area contributed by atoms with Gasteiger partial charge in [0, 0.05) is 5.75 Å². The Morgan fingerprint density at radius 3 is 2.75 bits per heavy atom. The van der Waals surface area contributed by atoms with Gasteiger partial charge >= 0.3 is 29.6 Å². The van der Waals surface area contributed by atoms with Crippen LogP contribution >= 0.6 is 11.8 Å². The van der Waals surface area contributed by atoms with E-state index in [1.54, 1.807) is 0 Å². The average molecular weight is 304 g/mol. The molecule has 0 saturated carbocycles. The number of thioether (sulfide) groups is 1. The van der Waals surface area contributed by atoms with E-state index in [9.17, 15) is 14.7 Å². The predicted molar refractivity (Wildman–Crippen MR) is 72.6 cm³/mol. The van der Waals surface area contributed by atoms with Crippen LogP contribution in [-0.2, 0) is 9.59 Å². The molecule has 1 aliphatic heterocycles. The monoisotopic (exact) mass is 304 g/mol. The van der Waals surface area contributed by atoms with Gasteiger partial charge in [-0.15, -0.1) is 0 Å². The molecule has 0 aromatic carbocycles. The van der Waals surface area contributed by atoms with Crippen molar-refractivity contribution in [2.45, 2.75) is 32.6 Å². The molecular formula is C13H17N2NaO3S. The minimum Gasteiger partial charge on any atom is -0.846 e. The molecule has 0 fully saturated rings. The second-order valence-corrected chi connectivity index (χ2v) is 5.97. The molecule has 7 heteroatoms. The number of amidine groups is 1. The zero-order valence-electron chi connectivity index (χ0n) is 11.9. The van der Waals surface area contributed by atoms with Crippen LogP contribution in [0, 0.1) is 5.41 Å². The third-order valence-electron chi connectivity index (χ3n) is 3.54. The first-order valence-electron chi connectivity index (χ1n) is 6.50. The molecule has 1 N–H and O–H groups in total. The van der Waals surface area contributed by atoms with E-state index < -0.39 is 23.3 Å². The third-order valence-corrected chi connectivity index (χ3v) is 4.58. The fraction of sp³-hybridized carbons (Fsp3) is 0.615. The summed E-state index contributed by atoms with van der Waals surface area (Å²) in [7, 11) is 0. The van der Waals surface area contributed by atoms with Gasteiger partial charge in [-0.2, -0.15) is 11.8 Å². The number of aliphatic imine (C=N–C) groups is 1. The van der Waals surface area contributed by atoms with Crippen molar-refractivity contribution in [3.8, 4) is 0 Å². The molecule has 1 unspecified atom stereocenters. The summed E-state index contributed by atoms with van der Waals surface area (Å²) < 4.78 is 0. The van der Waals surface area contributed by atoms with Gasteiger partial charge in [-0.05, 0) is 37.0 Å². The average Bonchev–Trinajstić information content (AvgIpc) is 2.39. The normalized spacial score (nSPS) is 26.2. The van der Waals surface area contributed by atoms with Gasteiger partial charge in [0.1, 0.15) is 0 Å². The van der Waals surface area contributed by atoms with E-state index in [2.05, 4.69) is 10.3 Å². The number of nitrogens with zero attached hydrogens (tertiary/aromatic N) is 1. The van der Waals surface area contributed by atoms with E-state index >= 15 is 0 Å². The number of allylic oxidation sites excluding steroid dienone is 1. The van der Waals surface area contributed by atoms with Crippen molar-refractivity contribution in [2.75, 3.05) is 11.5 Å². The van der Waals surface area contributed by atoms with Gasteiger partial charge in [0.05, 0.1) is 6.02 Å². The molecule has 0 aromatic heterocycles. The van der Waals surface area contributed by atoms with Crippen LogP contribution in [0.4, 0.5) is 0 Å². The van der Waals surface area contributed by atoms with Crippen molar-refractivity contribution in [3.63, 3.8) is 0 Å². The van der Waals surface area contributed by atoms with Gasteiger partial charge < -0.3 is 10.4 Å². The van der Waals surface area contributed by atoms with Crippen LogP contribution in [0.2, 0.25) is 0 Å². The fourth-order valence-electron chi connectivity index (χ4n) is 2.50. The number of nitrogens with one attached hydrogen (secondary N) is 1. The fourth-order valence-corrected chi connectivity index (χ4v) is 3.45. The Morgan fingerprint density at radius 2 is 2.20 bits per heavy atom. The number of hydrogen-bond donors (Lipinski definition) is 1. The van der Waals surface area contributed by atoms with Crippen molar-refractivity contribution in [1.82, 2.24) is 5.32 Å². The second-order valence-electron chi connectivity index (χ2n) is 4.69. The van der Waals surface area contributed by atoms with Crippen molar-refractivity contribution in [2.24, 2.45) is 10.4 Å². The van der Waals surface area contributed by atoms with E-state index in [0.717, 1.165) is 37.0 Å². The van der Waals surface area contributed by atoms with Crippen molar-refractivity contribution in [3.05, 3.63) is 11.6 Å². The van der Waals surface area contributed by atoms with E-state index in [0.29, 0.717) is 5.75 Å². The quantitative estimate of drug-likeness (QED) is 0.357. The molecule has 104 valence electrons. The van der Waals surface area contributed by atoms with Crippen LogP contribution in [-0.4, -0.2) is 29.3 Å². The van der Waals surface area contributed by atoms with E-state index in [-0.39, 0.29) is 29.6 Å². The van der Waals surface area contributed by atoms with Crippen LogP contribution in [0.5, 0.6) is 0 Å². The maximum atomic E-state index is 12.3. The predicted octanol–water partition coefficient (Wildman–Crippen LogP) is -2.40. The second kappa shape index (κ2) is 7.64. The Hall–Kier alpha value is -0.300. The van der Waals surface area contributed by atoms with Crippen LogP contribution < -0.4 is 40.0 Å². The molecule has 0 aromatic rings. The van der Waals surface area contributed by atoms with E-state index in [4.69, 9.17) is 0 Å². The standard InChI is InChI=1S/C13H18N2O3S.Na/c1-2-19-8-13(9-6-4-3-5-7-9)10(16)14-12(18)15-11(13)17;/h6H,2-5,7-8H2,1H3,(H2,14,15,16,17,18);/q;+1/p-1. The van der Waals surface area contributed by atoms with Crippen LogP contribution in [0.15, 0.2) is 16.6 Å². The topological polar surface area (TPSA) is 81.6 Å². The van der Waals surface area contributed by atoms with E-state index in [1.165, 1.54) is 11.8 Å². The number of amides is 2. The first kappa shape index (κ1) is 17.8. The van der Waals surface area contributed by atoms with Gasteiger partial charge in [0.25, 0.3) is 5.91 Å². The van der Waals surface area contributed by atoms with Crippen molar-refractivity contribution < 1.29 is 44.3 Å². The van der Waals surface area contributed by atoms with Crippen LogP contribution in [0.3, 0.4) is 0 Å². The molecule has 2 amide bonds. The first-order chi connectivity index (χ1) is 9.11. The molecular weight excluding hydrogens is 287 g/mol. The molecule has 0 radical (unpaired) electrons. The molecule has 5 nitrogen and oxygen atoms in total. The number of carbonyl (C=O) groups excluding carboxylic acids is 2. The summed E-state index contributed by atoms with van der Waals surface area (Å²) in [6.45, 7) is 1.97. The van der Waals surface area contributed by atoms with Gasteiger partial charge in [-0.1, -0.05) is 13.0 Å².